The van der Waals surface area contributed by atoms with Crippen molar-refractivity contribution in [2.24, 2.45) is 18.9 Å². The second-order valence-corrected chi connectivity index (χ2v) is 12.9. The predicted molar refractivity (Wildman–Crippen MR) is 142 cm³/mol. The van der Waals surface area contributed by atoms with Crippen molar-refractivity contribution in [2.75, 3.05) is 23.1 Å². The van der Waals surface area contributed by atoms with E-state index in [0.717, 1.165) is 36.1 Å². The van der Waals surface area contributed by atoms with Crippen LogP contribution in [0.2, 0.25) is 0 Å². The molecule has 2 amide bonds. The minimum atomic E-state index is -2.61. The van der Waals surface area contributed by atoms with Gasteiger partial charge in [-0.05, 0) is 61.0 Å². The molecule has 2 fully saturated rings. The number of hydrogen-bond donors (Lipinski definition) is 4. The molecule has 5 rings (SSSR count). The number of alkyl halides is 3. The average molecular weight is 575 g/mol. The molecule has 2 saturated carbocycles. The zero-order valence-electron chi connectivity index (χ0n) is 20.2. The van der Waals surface area contributed by atoms with Gasteiger partial charge in [-0.15, -0.1) is 11.3 Å². The quantitative estimate of drug-likeness (QED) is 0.127. The number of hydrogen-bond acceptors (Lipinski definition) is 8. The van der Waals surface area contributed by atoms with Gasteiger partial charge < -0.3 is 16.0 Å². The first-order chi connectivity index (χ1) is 17.8. The zero-order chi connectivity index (χ0) is 26.1. The van der Waals surface area contributed by atoms with Crippen LogP contribution in [0.15, 0.2) is 6.07 Å². The molecule has 0 saturated heterocycles. The van der Waals surface area contributed by atoms with E-state index in [-0.39, 0.29) is 30.0 Å². The van der Waals surface area contributed by atoms with E-state index in [1.54, 1.807) is 7.05 Å². The Morgan fingerprint density at radius 3 is 2.76 bits per heavy atom. The average Bonchev–Trinajstić information content (AvgIpc) is 3.76. The van der Waals surface area contributed by atoms with E-state index in [1.807, 2.05) is 0 Å². The predicted octanol–water partition coefficient (Wildman–Crippen LogP) is 4.67. The van der Waals surface area contributed by atoms with Crippen LogP contribution in [0.4, 0.5) is 24.0 Å². The lowest BCUT2D eigenvalue weighted by atomic mass is 9.91. The van der Waals surface area contributed by atoms with Crippen LogP contribution in [-0.2, 0) is 24.7 Å². The molecule has 8 nitrogen and oxygen atoms in total. The molecule has 0 radical (unpaired) electrons. The van der Waals surface area contributed by atoms with Gasteiger partial charge in [-0.2, -0.15) is 5.10 Å². The Kier molecular flexibility index (Phi) is 8.27. The molecule has 2 heterocycles. The number of halogens is 3. The highest BCUT2D eigenvalue weighted by molar-refractivity contribution is 8.76. The number of carbonyl (C=O) groups is 2. The van der Waals surface area contributed by atoms with Crippen LogP contribution < -0.4 is 20.7 Å². The van der Waals surface area contributed by atoms with Crippen molar-refractivity contribution in [3.05, 3.63) is 27.8 Å². The second-order valence-electron chi connectivity index (χ2n) is 9.67. The Bertz CT molecular complexity index is 1160. The van der Waals surface area contributed by atoms with Gasteiger partial charge >= 0.3 is 0 Å². The van der Waals surface area contributed by atoms with Gasteiger partial charge in [-0.3, -0.25) is 19.0 Å². The van der Waals surface area contributed by atoms with Gasteiger partial charge in [0, 0.05) is 30.6 Å². The van der Waals surface area contributed by atoms with Crippen molar-refractivity contribution < 1.29 is 22.8 Å². The van der Waals surface area contributed by atoms with Gasteiger partial charge in [0.05, 0.1) is 17.4 Å². The van der Waals surface area contributed by atoms with Crippen molar-refractivity contribution in [3.63, 3.8) is 0 Å². The van der Waals surface area contributed by atoms with E-state index < -0.39 is 18.5 Å². The van der Waals surface area contributed by atoms with Crippen LogP contribution in [0, 0.1) is 11.8 Å². The number of fused-ring (bicyclic) bond motifs is 1. The molecule has 2 aromatic rings. The van der Waals surface area contributed by atoms with E-state index in [0.29, 0.717) is 41.1 Å². The monoisotopic (exact) mass is 574 g/mol. The number of anilines is 2. The lowest BCUT2D eigenvalue weighted by Crippen LogP contribution is -2.32. The first-order valence-electron chi connectivity index (χ1n) is 12.3. The van der Waals surface area contributed by atoms with Crippen molar-refractivity contribution in [2.45, 2.75) is 57.2 Å². The summed E-state index contributed by atoms with van der Waals surface area (Å²) in [5.41, 5.74) is 1.20. The number of amides is 2. The molecule has 4 N–H and O–H groups in total. The first-order valence-corrected chi connectivity index (χ1v) is 15.4. The fourth-order valence-electron chi connectivity index (χ4n) is 4.30. The Hall–Kier alpha value is -1.90. The number of thiophene rings is 1. The van der Waals surface area contributed by atoms with Crippen molar-refractivity contribution in [3.8, 4) is 0 Å². The summed E-state index contributed by atoms with van der Waals surface area (Å²) >= 11 is 1.43. The third-order valence-electron chi connectivity index (χ3n) is 6.73. The van der Waals surface area contributed by atoms with Gasteiger partial charge in [0.2, 0.25) is 5.91 Å². The number of aromatic nitrogens is 2. The number of nitrogens with one attached hydrogen (secondary N) is 4. The maximum absolute atomic E-state index is 13.4. The Morgan fingerprint density at radius 2 is 2.08 bits per heavy atom. The van der Waals surface area contributed by atoms with Crippen LogP contribution in [-0.4, -0.2) is 46.2 Å². The minimum absolute atomic E-state index is 0.124. The molecule has 0 aliphatic heterocycles. The topological polar surface area (TPSA) is 100 Å². The zero-order valence-corrected chi connectivity index (χ0v) is 22.6. The van der Waals surface area contributed by atoms with E-state index in [9.17, 15) is 22.8 Å². The van der Waals surface area contributed by atoms with Gasteiger partial charge in [0.15, 0.2) is 0 Å². The van der Waals surface area contributed by atoms with E-state index in [4.69, 9.17) is 0 Å². The van der Waals surface area contributed by atoms with E-state index in [1.165, 1.54) is 43.9 Å². The van der Waals surface area contributed by atoms with Crippen molar-refractivity contribution in [1.29, 1.82) is 0 Å². The SMILES string of the molecule is Cn1nc(C(F)F)cc1NCSSN[C@H]1CCc2sc(NC(=O)[C@H]3C[C@@H]3F)c(C(=O)NCC3CC3)c2C1. The highest BCUT2D eigenvalue weighted by Crippen LogP contribution is 2.41. The minimum Gasteiger partial charge on any atom is -0.360 e. The molecule has 0 bridgehead atoms. The number of rotatable bonds is 12. The van der Waals surface area contributed by atoms with Crippen LogP contribution in [0.5, 0.6) is 0 Å². The summed E-state index contributed by atoms with van der Waals surface area (Å²) in [4.78, 5) is 26.7. The lowest BCUT2D eigenvalue weighted by molar-refractivity contribution is -0.117. The number of carbonyl (C=O) groups excluding carboxylic acids is 2. The summed E-state index contributed by atoms with van der Waals surface area (Å²) in [6.07, 6.45) is 1.07. The Morgan fingerprint density at radius 1 is 1.30 bits per heavy atom. The van der Waals surface area contributed by atoms with Crippen LogP contribution in [0.3, 0.4) is 0 Å². The molecule has 2 aromatic heterocycles. The summed E-state index contributed by atoms with van der Waals surface area (Å²) in [7, 11) is 4.57. The largest absolute Gasteiger partial charge is 0.360 e. The third-order valence-corrected chi connectivity index (χ3v) is 9.74. The Balaban J connectivity index is 1.17. The fourth-order valence-corrected chi connectivity index (χ4v) is 7.18. The number of aryl methyl sites for hydroxylation is 2. The van der Waals surface area contributed by atoms with Gasteiger partial charge in [-0.25, -0.2) is 13.2 Å². The molecule has 202 valence electrons. The van der Waals surface area contributed by atoms with E-state index >= 15 is 0 Å². The molecule has 37 heavy (non-hydrogen) atoms. The summed E-state index contributed by atoms with van der Waals surface area (Å²) in [6.45, 7) is 0.628. The van der Waals surface area contributed by atoms with Crippen LogP contribution >= 0.6 is 33.1 Å². The highest BCUT2D eigenvalue weighted by atomic mass is 33.1. The standard InChI is InChI=1S/C23H29F3N6O2S3/c1-32-18(8-16(30-32)20(25)26)28-10-35-37-31-12-4-5-17-14(6-12)19(22(34)27-9-11-2-3-11)23(36-17)29-21(33)13-7-15(13)24/h8,11-13,15,20,28,31H,2-7,9-10H2,1H3,(H,27,34)(H,29,33)/t12-,13-,15-/m0/s1. The van der Waals surface area contributed by atoms with Gasteiger partial charge in [-0.1, -0.05) is 10.8 Å². The maximum atomic E-state index is 13.4. The molecule has 0 spiro atoms. The summed E-state index contributed by atoms with van der Waals surface area (Å²) in [6, 6.07) is 1.46. The highest BCUT2D eigenvalue weighted by Gasteiger charge is 2.44. The van der Waals surface area contributed by atoms with Gasteiger partial charge in [0.1, 0.15) is 22.7 Å². The Labute approximate surface area is 224 Å². The second kappa shape index (κ2) is 11.5. The summed E-state index contributed by atoms with van der Waals surface area (Å²) in [5, 5.41) is 13.2. The van der Waals surface area contributed by atoms with Crippen LogP contribution in [0.25, 0.3) is 0 Å². The summed E-state index contributed by atoms with van der Waals surface area (Å²) < 4.78 is 43.9. The molecular weight excluding hydrogens is 545 g/mol. The summed E-state index contributed by atoms with van der Waals surface area (Å²) in [5.74, 6) is 0.374. The maximum Gasteiger partial charge on any atom is 0.282 e. The molecule has 3 aliphatic rings. The molecule has 14 heteroatoms. The van der Waals surface area contributed by atoms with Crippen molar-refractivity contribution >= 4 is 55.7 Å². The van der Waals surface area contributed by atoms with Crippen LogP contribution in [0.1, 0.15) is 58.6 Å². The number of nitrogens with zero attached hydrogens (tertiary/aromatic N) is 2. The van der Waals surface area contributed by atoms with Crippen molar-refractivity contribution in [1.82, 2.24) is 19.8 Å². The molecular formula is C23H29F3N6O2S3. The molecule has 0 aromatic carbocycles. The molecule has 3 aliphatic carbocycles. The van der Waals surface area contributed by atoms with E-state index in [2.05, 4.69) is 25.8 Å². The fraction of sp³-hybridized carbons (Fsp3) is 0.609. The lowest BCUT2D eigenvalue weighted by Gasteiger charge is -2.23. The molecule has 0 unspecified atom stereocenters. The first kappa shape index (κ1) is 26.7. The van der Waals surface area contributed by atoms with Gasteiger partial charge in [0.25, 0.3) is 12.3 Å². The smallest absolute Gasteiger partial charge is 0.282 e. The normalized spacial score (nSPS) is 22.6. The molecule has 3 atom stereocenters. The third kappa shape index (κ3) is 6.58.